The summed E-state index contributed by atoms with van der Waals surface area (Å²) in [5, 5.41) is 3.56. The Kier molecular flexibility index (Phi) is 6.32. The summed E-state index contributed by atoms with van der Waals surface area (Å²) in [7, 11) is 1.54. The fourth-order valence-electron chi connectivity index (χ4n) is 0.682. The summed E-state index contributed by atoms with van der Waals surface area (Å²) in [4.78, 5) is 15.7. The van der Waals surface area contributed by atoms with Gasteiger partial charge < -0.3 is 9.57 Å². The lowest BCUT2D eigenvalue weighted by Crippen LogP contribution is -2.06. The minimum absolute atomic E-state index is 0.265. The Bertz CT molecular complexity index is 267. The monoisotopic (exact) mass is 197 g/mol. The third-order valence-electron chi connectivity index (χ3n) is 1.27. The van der Waals surface area contributed by atoms with Crippen LogP contribution in [0.2, 0.25) is 0 Å². The van der Waals surface area contributed by atoms with Crippen LogP contribution in [0.3, 0.4) is 0 Å². The Morgan fingerprint density at radius 3 is 2.71 bits per heavy atom. The number of oxime groups is 1. The van der Waals surface area contributed by atoms with E-state index in [9.17, 15) is 4.79 Å². The van der Waals surface area contributed by atoms with Gasteiger partial charge in [-0.3, -0.25) is 0 Å². The Labute approximate surface area is 83.9 Å². The molecule has 4 nitrogen and oxygen atoms in total. The van der Waals surface area contributed by atoms with Crippen molar-refractivity contribution in [3.05, 3.63) is 24.3 Å². The molecule has 0 unspecified atom stereocenters. The van der Waals surface area contributed by atoms with E-state index in [1.807, 2.05) is 0 Å². The second kappa shape index (κ2) is 7.03. The summed E-state index contributed by atoms with van der Waals surface area (Å²) < 4.78 is 4.79. The molecule has 0 heterocycles. The average Bonchev–Trinajstić information content (AvgIpc) is 2.15. The first-order chi connectivity index (χ1) is 6.61. The van der Waals surface area contributed by atoms with Crippen molar-refractivity contribution in [1.29, 1.82) is 0 Å². The maximum absolute atomic E-state index is 11.1. The molecule has 0 N–H and O–H groups in total. The fourth-order valence-corrected chi connectivity index (χ4v) is 0.682. The zero-order valence-corrected chi connectivity index (χ0v) is 8.74. The van der Waals surface area contributed by atoms with Crippen LogP contribution in [-0.4, -0.2) is 25.4 Å². The molecule has 4 heteroatoms. The molecule has 14 heavy (non-hydrogen) atoms. The largest absolute Gasteiger partial charge is 0.379 e. The van der Waals surface area contributed by atoms with E-state index in [0.29, 0.717) is 12.3 Å². The van der Waals surface area contributed by atoms with Crippen molar-refractivity contribution in [3.8, 4) is 0 Å². The van der Waals surface area contributed by atoms with Crippen LogP contribution in [0.4, 0.5) is 0 Å². The fraction of sp³-hybridized carbons (Fsp3) is 0.400. The van der Waals surface area contributed by atoms with Crippen LogP contribution in [-0.2, 0) is 14.4 Å². The molecule has 0 aliphatic heterocycles. The smallest absolute Gasteiger partial charge is 0.365 e. The first-order valence-corrected chi connectivity index (χ1v) is 4.17. The predicted octanol–water partition coefficient (Wildman–Crippen LogP) is 1.68. The first-order valence-electron chi connectivity index (χ1n) is 4.17. The number of nitrogens with zero attached hydrogens (tertiary/aromatic N) is 1. The van der Waals surface area contributed by atoms with Crippen LogP contribution in [0.25, 0.3) is 0 Å². The second-order valence-corrected chi connectivity index (χ2v) is 2.66. The summed E-state index contributed by atoms with van der Waals surface area (Å²) >= 11 is 0. The van der Waals surface area contributed by atoms with Gasteiger partial charge in [-0.25, -0.2) is 4.79 Å². The molecular formula is C10H15NO3. The van der Waals surface area contributed by atoms with Crippen molar-refractivity contribution in [2.45, 2.75) is 13.8 Å². The van der Waals surface area contributed by atoms with E-state index in [1.54, 1.807) is 33.1 Å². The lowest BCUT2D eigenvalue weighted by molar-refractivity contribution is -0.138. The van der Waals surface area contributed by atoms with Crippen LogP contribution in [0.1, 0.15) is 13.8 Å². The highest BCUT2D eigenvalue weighted by atomic mass is 16.7. The second-order valence-electron chi connectivity index (χ2n) is 2.66. The van der Waals surface area contributed by atoms with Crippen LogP contribution in [0, 0.1) is 0 Å². The highest BCUT2D eigenvalue weighted by molar-refractivity contribution is 5.91. The van der Waals surface area contributed by atoms with Gasteiger partial charge in [-0.1, -0.05) is 23.9 Å². The third-order valence-corrected chi connectivity index (χ3v) is 1.27. The van der Waals surface area contributed by atoms with Crippen LogP contribution < -0.4 is 0 Å². The third kappa shape index (κ3) is 5.27. The molecule has 0 rings (SSSR count). The average molecular weight is 197 g/mol. The van der Waals surface area contributed by atoms with Gasteiger partial charge in [-0.05, 0) is 13.8 Å². The zero-order chi connectivity index (χ0) is 11.0. The van der Waals surface area contributed by atoms with Crippen molar-refractivity contribution in [1.82, 2.24) is 0 Å². The van der Waals surface area contributed by atoms with Crippen molar-refractivity contribution in [3.63, 3.8) is 0 Å². The molecule has 0 aromatic rings. The molecule has 0 aromatic heterocycles. The topological polar surface area (TPSA) is 47.9 Å². The Morgan fingerprint density at radius 1 is 1.57 bits per heavy atom. The van der Waals surface area contributed by atoms with Gasteiger partial charge in [0.1, 0.15) is 0 Å². The number of ether oxygens (including phenoxy) is 1. The molecule has 0 atom stereocenters. The summed E-state index contributed by atoms with van der Waals surface area (Å²) in [6.45, 7) is 7.34. The maximum atomic E-state index is 11.1. The summed E-state index contributed by atoms with van der Waals surface area (Å²) in [5.74, 6) is -0.557. The Balaban J connectivity index is 4.07. The SMILES string of the molecule is C=C(C=CC)C(=O)ON=C(C)COC. The van der Waals surface area contributed by atoms with E-state index in [2.05, 4.69) is 16.6 Å². The van der Waals surface area contributed by atoms with Crippen molar-refractivity contribution in [2.24, 2.45) is 5.16 Å². The highest BCUT2D eigenvalue weighted by Crippen LogP contribution is 1.97. The zero-order valence-electron chi connectivity index (χ0n) is 8.74. The van der Waals surface area contributed by atoms with Crippen molar-refractivity contribution in [2.75, 3.05) is 13.7 Å². The Morgan fingerprint density at radius 2 is 2.21 bits per heavy atom. The number of carbonyl (C=O) groups excluding carboxylic acids is 1. The number of rotatable bonds is 5. The molecule has 0 radical (unpaired) electrons. The number of methoxy groups -OCH3 is 1. The molecular weight excluding hydrogens is 182 g/mol. The van der Waals surface area contributed by atoms with E-state index >= 15 is 0 Å². The minimum Gasteiger partial charge on any atom is -0.379 e. The standard InChI is InChI=1S/C10H15NO3/c1-5-6-8(2)10(12)14-11-9(3)7-13-4/h5-6H,2,7H2,1,3-4H3. The maximum Gasteiger partial charge on any atom is 0.365 e. The van der Waals surface area contributed by atoms with E-state index in [4.69, 9.17) is 4.74 Å². The van der Waals surface area contributed by atoms with E-state index in [0.717, 1.165) is 0 Å². The number of hydrogen-bond donors (Lipinski definition) is 0. The Hall–Kier alpha value is -1.42. The molecule has 0 aromatic carbocycles. The molecule has 0 aliphatic carbocycles. The molecule has 78 valence electrons. The van der Waals surface area contributed by atoms with Gasteiger partial charge in [0, 0.05) is 7.11 Å². The molecule has 0 fully saturated rings. The quantitative estimate of drug-likeness (QED) is 0.221. The lowest BCUT2D eigenvalue weighted by atomic mass is 10.3. The molecule has 0 bridgehead atoms. The van der Waals surface area contributed by atoms with Gasteiger partial charge in [-0.15, -0.1) is 0 Å². The van der Waals surface area contributed by atoms with E-state index < -0.39 is 5.97 Å². The predicted molar refractivity (Wildman–Crippen MR) is 55.0 cm³/mol. The van der Waals surface area contributed by atoms with Gasteiger partial charge in [0.25, 0.3) is 0 Å². The number of hydrogen-bond acceptors (Lipinski definition) is 4. The molecule has 0 saturated heterocycles. The van der Waals surface area contributed by atoms with E-state index in [-0.39, 0.29) is 5.57 Å². The summed E-state index contributed by atoms with van der Waals surface area (Å²) in [6, 6.07) is 0. The van der Waals surface area contributed by atoms with Crippen LogP contribution in [0.15, 0.2) is 29.5 Å². The normalized spacial score (nSPS) is 11.8. The van der Waals surface area contributed by atoms with Gasteiger partial charge in [0.15, 0.2) is 0 Å². The summed E-state index contributed by atoms with van der Waals surface area (Å²) in [5.41, 5.74) is 0.857. The lowest BCUT2D eigenvalue weighted by Gasteiger charge is -1.99. The van der Waals surface area contributed by atoms with Gasteiger partial charge >= 0.3 is 5.97 Å². The molecule has 0 aliphatic rings. The van der Waals surface area contributed by atoms with Gasteiger partial charge in [0.05, 0.1) is 17.9 Å². The highest BCUT2D eigenvalue weighted by Gasteiger charge is 2.04. The minimum atomic E-state index is -0.557. The van der Waals surface area contributed by atoms with Crippen LogP contribution in [0.5, 0.6) is 0 Å². The number of carbonyl (C=O) groups is 1. The first kappa shape index (κ1) is 12.6. The van der Waals surface area contributed by atoms with Crippen molar-refractivity contribution >= 4 is 11.7 Å². The number of allylic oxidation sites excluding steroid dienone is 1. The van der Waals surface area contributed by atoms with Crippen molar-refractivity contribution < 1.29 is 14.4 Å². The van der Waals surface area contributed by atoms with Gasteiger partial charge in [-0.2, -0.15) is 0 Å². The summed E-state index contributed by atoms with van der Waals surface area (Å²) in [6.07, 6.45) is 3.26. The molecule has 0 amide bonds. The molecule has 0 spiro atoms. The van der Waals surface area contributed by atoms with Gasteiger partial charge in [0.2, 0.25) is 0 Å². The molecule has 0 saturated carbocycles. The van der Waals surface area contributed by atoms with E-state index in [1.165, 1.54) is 0 Å². The van der Waals surface area contributed by atoms with Crippen LogP contribution >= 0.6 is 0 Å².